The Balaban J connectivity index is 2.04. The number of carbonyl (C=O) groups excluding carboxylic acids is 2. The number of aryl methyl sites for hydroxylation is 1. The third-order valence-electron chi connectivity index (χ3n) is 3.18. The van der Waals surface area contributed by atoms with Crippen LogP contribution in [-0.4, -0.2) is 11.8 Å². The summed E-state index contributed by atoms with van der Waals surface area (Å²) in [6.45, 7) is 1.83. The molecule has 2 rings (SSSR count). The number of anilines is 2. The number of alkyl halides is 3. The smallest absolute Gasteiger partial charge is 0.326 e. The van der Waals surface area contributed by atoms with E-state index >= 15 is 0 Å². The molecule has 0 fully saturated rings. The molecule has 2 aromatic carbocycles. The average Bonchev–Trinajstić information content (AvgIpc) is 2.47. The van der Waals surface area contributed by atoms with Crippen LogP contribution in [0.5, 0.6) is 0 Å². The van der Waals surface area contributed by atoms with E-state index in [1.807, 2.05) is 13.0 Å². The molecule has 132 valence electrons. The second kappa shape index (κ2) is 7.57. The molecule has 8 heteroatoms. The van der Waals surface area contributed by atoms with Crippen molar-refractivity contribution in [2.45, 2.75) is 19.5 Å². The Bertz CT molecular complexity index is 807. The number of carbonyl (C=O) groups is 2. The van der Waals surface area contributed by atoms with Gasteiger partial charge in [-0.05, 0) is 42.8 Å². The molecule has 0 spiro atoms. The summed E-state index contributed by atoms with van der Waals surface area (Å²) in [5.41, 5.74) is -0.115. The molecule has 0 heterocycles. The standard InChI is InChI=1S/C17H14ClF3N2O2/c1-10-3-2-4-12(7-10)22-15(24)9-16(25)23-14-6-5-11(18)8-13(14)17(19,20)21/h2-8H,9H2,1H3,(H,22,24)(H,23,25). The minimum Gasteiger partial charge on any atom is -0.326 e. The van der Waals surface area contributed by atoms with E-state index in [0.29, 0.717) is 11.8 Å². The lowest BCUT2D eigenvalue weighted by Gasteiger charge is -2.14. The Hall–Kier alpha value is -2.54. The highest BCUT2D eigenvalue weighted by Gasteiger charge is 2.34. The Morgan fingerprint density at radius 3 is 2.36 bits per heavy atom. The van der Waals surface area contributed by atoms with Gasteiger partial charge < -0.3 is 10.6 Å². The van der Waals surface area contributed by atoms with Crippen molar-refractivity contribution in [1.29, 1.82) is 0 Å². The highest BCUT2D eigenvalue weighted by molar-refractivity contribution is 6.30. The van der Waals surface area contributed by atoms with Crippen LogP contribution in [0.25, 0.3) is 0 Å². The van der Waals surface area contributed by atoms with Crippen molar-refractivity contribution in [2.24, 2.45) is 0 Å². The normalized spacial score (nSPS) is 11.1. The van der Waals surface area contributed by atoms with Crippen LogP contribution in [0.1, 0.15) is 17.5 Å². The lowest BCUT2D eigenvalue weighted by molar-refractivity contribution is -0.137. The third kappa shape index (κ3) is 5.49. The van der Waals surface area contributed by atoms with Gasteiger partial charge in [0, 0.05) is 10.7 Å². The van der Waals surface area contributed by atoms with Gasteiger partial charge in [-0.25, -0.2) is 0 Å². The first-order valence-corrected chi connectivity index (χ1v) is 7.56. The SMILES string of the molecule is Cc1cccc(NC(=O)CC(=O)Nc2ccc(Cl)cc2C(F)(F)F)c1. The summed E-state index contributed by atoms with van der Waals surface area (Å²) in [6.07, 6.45) is -5.30. The summed E-state index contributed by atoms with van der Waals surface area (Å²) in [6, 6.07) is 9.89. The van der Waals surface area contributed by atoms with Gasteiger partial charge in [-0.15, -0.1) is 0 Å². The van der Waals surface area contributed by atoms with E-state index in [1.54, 1.807) is 18.2 Å². The summed E-state index contributed by atoms with van der Waals surface area (Å²) >= 11 is 5.57. The van der Waals surface area contributed by atoms with Gasteiger partial charge in [-0.3, -0.25) is 9.59 Å². The summed E-state index contributed by atoms with van der Waals surface area (Å²) in [7, 11) is 0. The summed E-state index contributed by atoms with van der Waals surface area (Å²) < 4.78 is 38.9. The van der Waals surface area contributed by atoms with Crippen molar-refractivity contribution in [2.75, 3.05) is 10.6 Å². The lowest BCUT2D eigenvalue weighted by atomic mass is 10.1. The fourth-order valence-electron chi connectivity index (χ4n) is 2.13. The zero-order valence-corrected chi connectivity index (χ0v) is 13.8. The molecule has 2 N–H and O–H groups in total. The van der Waals surface area contributed by atoms with Crippen LogP contribution in [0.3, 0.4) is 0 Å². The first kappa shape index (κ1) is 18.8. The van der Waals surface area contributed by atoms with Gasteiger partial charge in [0.15, 0.2) is 0 Å². The van der Waals surface area contributed by atoms with E-state index in [4.69, 9.17) is 11.6 Å². The monoisotopic (exact) mass is 370 g/mol. The maximum atomic E-state index is 13.0. The maximum Gasteiger partial charge on any atom is 0.418 e. The van der Waals surface area contributed by atoms with E-state index in [2.05, 4.69) is 10.6 Å². The minimum atomic E-state index is -4.68. The molecule has 0 saturated heterocycles. The van der Waals surface area contributed by atoms with Crippen molar-refractivity contribution in [3.05, 3.63) is 58.6 Å². The number of nitrogens with one attached hydrogen (secondary N) is 2. The van der Waals surface area contributed by atoms with Gasteiger partial charge in [0.25, 0.3) is 0 Å². The number of rotatable bonds is 4. The second-order valence-electron chi connectivity index (χ2n) is 5.33. The van der Waals surface area contributed by atoms with E-state index in [1.165, 1.54) is 6.07 Å². The van der Waals surface area contributed by atoms with Gasteiger partial charge in [0.1, 0.15) is 6.42 Å². The minimum absolute atomic E-state index is 0.109. The number of hydrogen-bond donors (Lipinski definition) is 2. The van der Waals surface area contributed by atoms with Crippen LogP contribution in [-0.2, 0) is 15.8 Å². The number of amides is 2. The fraction of sp³-hybridized carbons (Fsp3) is 0.176. The van der Waals surface area contributed by atoms with E-state index in [-0.39, 0.29) is 5.02 Å². The van der Waals surface area contributed by atoms with Gasteiger partial charge >= 0.3 is 6.18 Å². The van der Waals surface area contributed by atoms with E-state index in [9.17, 15) is 22.8 Å². The number of benzene rings is 2. The van der Waals surface area contributed by atoms with Crippen molar-refractivity contribution < 1.29 is 22.8 Å². The Labute approximate surface area is 147 Å². The first-order valence-electron chi connectivity index (χ1n) is 7.18. The van der Waals surface area contributed by atoms with Gasteiger partial charge in [0.05, 0.1) is 11.3 Å². The summed E-state index contributed by atoms with van der Waals surface area (Å²) in [5.74, 6) is -1.50. The van der Waals surface area contributed by atoms with Gasteiger partial charge in [0.2, 0.25) is 11.8 Å². The van der Waals surface area contributed by atoms with Gasteiger partial charge in [-0.2, -0.15) is 13.2 Å². The highest BCUT2D eigenvalue weighted by Crippen LogP contribution is 2.36. The quantitative estimate of drug-likeness (QED) is 0.771. The molecule has 4 nitrogen and oxygen atoms in total. The number of hydrogen-bond acceptors (Lipinski definition) is 2. The van der Waals surface area contributed by atoms with Crippen molar-refractivity contribution in [3.63, 3.8) is 0 Å². The molecular formula is C17H14ClF3N2O2. The number of halogens is 4. The molecule has 2 amide bonds. The van der Waals surface area contributed by atoms with Gasteiger partial charge in [-0.1, -0.05) is 23.7 Å². The zero-order chi connectivity index (χ0) is 18.6. The average molecular weight is 371 g/mol. The molecule has 0 aliphatic heterocycles. The van der Waals surface area contributed by atoms with Crippen molar-refractivity contribution in [3.8, 4) is 0 Å². The third-order valence-corrected chi connectivity index (χ3v) is 3.42. The topological polar surface area (TPSA) is 58.2 Å². The van der Waals surface area contributed by atoms with Crippen LogP contribution < -0.4 is 10.6 Å². The maximum absolute atomic E-state index is 13.0. The molecule has 0 aromatic heterocycles. The Kier molecular flexibility index (Phi) is 5.69. The first-order chi connectivity index (χ1) is 11.6. The molecule has 0 aliphatic carbocycles. The predicted molar refractivity (Wildman–Crippen MR) is 89.5 cm³/mol. The van der Waals surface area contributed by atoms with E-state index in [0.717, 1.165) is 11.6 Å². The van der Waals surface area contributed by atoms with Crippen molar-refractivity contribution in [1.82, 2.24) is 0 Å². The van der Waals surface area contributed by atoms with Crippen LogP contribution >= 0.6 is 11.6 Å². The van der Waals surface area contributed by atoms with Crippen LogP contribution in [0, 0.1) is 6.92 Å². The summed E-state index contributed by atoms with van der Waals surface area (Å²) in [5, 5.41) is 4.50. The largest absolute Gasteiger partial charge is 0.418 e. The summed E-state index contributed by atoms with van der Waals surface area (Å²) in [4.78, 5) is 23.7. The van der Waals surface area contributed by atoms with Crippen molar-refractivity contribution >= 4 is 34.8 Å². The van der Waals surface area contributed by atoms with E-state index < -0.39 is 35.7 Å². The molecule has 2 aromatic rings. The van der Waals surface area contributed by atoms with Crippen LogP contribution in [0.4, 0.5) is 24.5 Å². The molecule has 0 unspecified atom stereocenters. The zero-order valence-electron chi connectivity index (χ0n) is 13.1. The van der Waals surface area contributed by atoms with Crippen LogP contribution in [0.2, 0.25) is 5.02 Å². The molecule has 0 atom stereocenters. The molecule has 25 heavy (non-hydrogen) atoms. The fourth-order valence-corrected chi connectivity index (χ4v) is 2.30. The molecule has 0 aliphatic rings. The molecule has 0 bridgehead atoms. The Morgan fingerprint density at radius 2 is 1.72 bits per heavy atom. The predicted octanol–water partition coefficient (Wildman–Crippen LogP) is 4.63. The Morgan fingerprint density at radius 1 is 1.04 bits per heavy atom. The highest BCUT2D eigenvalue weighted by atomic mass is 35.5. The lowest BCUT2D eigenvalue weighted by Crippen LogP contribution is -2.23. The molecular weight excluding hydrogens is 357 g/mol. The molecule has 0 saturated carbocycles. The second-order valence-corrected chi connectivity index (χ2v) is 5.77. The van der Waals surface area contributed by atoms with Crippen LogP contribution in [0.15, 0.2) is 42.5 Å². The molecule has 0 radical (unpaired) electrons.